The Labute approximate surface area is 165 Å². The highest BCUT2D eigenvalue weighted by Gasteiger charge is 2.55. The minimum Gasteiger partial charge on any atom is -0.344 e. The molecule has 1 N–H and O–H groups in total. The molecule has 1 unspecified atom stereocenters. The molecule has 6 heteroatoms. The highest BCUT2D eigenvalue weighted by Crippen LogP contribution is 2.60. The van der Waals surface area contributed by atoms with Crippen LogP contribution in [0.15, 0.2) is 29.0 Å². The van der Waals surface area contributed by atoms with Crippen molar-refractivity contribution in [1.29, 1.82) is 0 Å². The lowest BCUT2D eigenvalue weighted by Crippen LogP contribution is -2.54. The predicted octanol–water partition coefficient (Wildman–Crippen LogP) is 4.16. The van der Waals surface area contributed by atoms with Gasteiger partial charge >= 0.3 is 0 Å². The summed E-state index contributed by atoms with van der Waals surface area (Å²) in [6.45, 7) is 4.16. The third-order valence-electron chi connectivity index (χ3n) is 7.10. The van der Waals surface area contributed by atoms with Crippen LogP contribution in [0, 0.1) is 29.1 Å². The van der Waals surface area contributed by atoms with E-state index in [1.54, 1.807) is 12.4 Å². The van der Waals surface area contributed by atoms with E-state index in [1.807, 2.05) is 12.1 Å². The molecule has 0 aromatic carbocycles. The van der Waals surface area contributed by atoms with Crippen LogP contribution in [-0.4, -0.2) is 21.0 Å². The van der Waals surface area contributed by atoms with Crippen LogP contribution in [0.5, 0.6) is 0 Å². The van der Waals surface area contributed by atoms with Gasteiger partial charge in [0.2, 0.25) is 17.6 Å². The van der Waals surface area contributed by atoms with E-state index in [9.17, 15) is 4.79 Å². The molecule has 2 aromatic heterocycles. The van der Waals surface area contributed by atoms with Crippen molar-refractivity contribution < 1.29 is 9.32 Å². The van der Waals surface area contributed by atoms with Crippen molar-refractivity contribution in [2.24, 2.45) is 29.1 Å². The van der Waals surface area contributed by atoms with Gasteiger partial charge in [-0.05, 0) is 74.3 Å². The van der Waals surface area contributed by atoms with E-state index in [0.717, 1.165) is 42.6 Å². The van der Waals surface area contributed by atoms with Gasteiger partial charge in [-0.15, -0.1) is 0 Å². The lowest BCUT2D eigenvalue weighted by Gasteiger charge is -2.55. The maximum atomic E-state index is 13.5. The topological polar surface area (TPSA) is 80.9 Å². The van der Waals surface area contributed by atoms with Crippen molar-refractivity contribution in [2.75, 3.05) is 0 Å². The molecule has 0 aliphatic heterocycles. The minimum atomic E-state index is -0.265. The van der Waals surface area contributed by atoms with Gasteiger partial charge in [-0.2, -0.15) is 4.98 Å². The van der Waals surface area contributed by atoms with Crippen molar-refractivity contribution in [1.82, 2.24) is 20.4 Å². The number of rotatable bonds is 5. The molecule has 2 aromatic rings. The standard InChI is InChI=1S/C22H28N4O2/c1-13(2)18(20-25-19(26-28-20)17-4-3-5-23-12-17)24-21(27)22-9-14-6-15(10-22)8-16(7-14)11-22/h3-5,12-16,18H,6-11H2,1-2H3,(H,24,27). The fraction of sp³-hybridized carbons (Fsp3) is 0.636. The van der Waals surface area contributed by atoms with Crippen molar-refractivity contribution in [3.63, 3.8) is 0 Å². The Morgan fingerprint density at radius 2 is 1.86 bits per heavy atom. The molecule has 1 amide bonds. The smallest absolute Gasteiger partial charge is 0.249 e. The number of nitrogens with one attached hydrogen (secondary N) is 1. The van der Waals surface area contributed by atoms with Gasteiger partial charge in [0.1, 0.15) is 6.04 Å². The van der Waals surface area contributed by atoms with Crippen LogP contribution in [0.1, 0.15) is 64.3 Å². The molecule has 1 atom stereocenters. The third kappa shape index (κ3) is 3.03. The van der Waals surface area contributed by atoms with E-state index < -0.39 is 0 Å². The Bertz CT molecular complexity index is 825. The van der Waals surface area contributed by atoms with E-state index in [4.69, 9.17) is 4.52 Å². The number of carbonyl (C=O) groups is 1. The highest BCUT2D eigenvalue weighted by atomic mass is 16.5. The molecule has 0 spiro atoms. The van der Waals surface area contributed by atoms with Crippen LogP contribution in [0.2, 0.25) is 0 Å². The lowest BCUT2D eigenvalue weighted by atomic mass is 9.49. The molecule has 6 nitrogen and oxygen atoms in total. The van der Waals surface area contributed by atoms with Gasteiger partial charge in [0.15, 0.2) is 0 Å². The largest absolute Gasteiger partial charge is 0.344 e. The quantitative estimate of drug-likeness (QED) is 0.842. The summed E-state index contributed by atoms with van der Waals surface area (Å²) >= 11 is 0. The summed E-state index contributed by atoms with van der Waals surface area (Å²) < 4.78 is 5.56. The number of pyridine rings is 1. The molecule has 4 saturated carbocycles. The number of hydrogen-bond donors (Lipinski definition) is 1. The molecule has 4 aliphatic carbocycles. The summed E-state index contributed by atoms with van der Waals surface area (Å²) in [5.41, 5.74) is 0.640. The van der Waals surface area contributed by atoms with Crippen molar-refractivity contribution in [3.8, 4) is 11.4 Å². The maximum Gasteiger partial charge on any atom is 0.249 e. The Kier molecular flexibility index (Phi) is 4.25. The van der Waals surface area contributed by atoms with E-state index in [0.29, 0.717) is 11.7 Å². The van der Waals surface area contributed by atoms with Gasteiger partial charge in [-0.1, -0.05) is 19.0 Å². The number of nitrogens with zero attached hydrogens (tertiary/aromatic N) is 3. The molecular weight excluding hydrogens is 352 g/mol. The Hall–Kier alpha value is -2.24. The lowest BCUT2D eigenvalue weighted by molar-refractivity contribution is -0.147. The van der Waals surface area contributed by atoms with Crippen LogP contribution in [0.25, 0.3) is 11.4 Å². The first kappa shape index (κ1) is 17.8. The average molecular weight is 380 g/mol. The summed E-state index contributed by atoms with van der Waals surface area (Å²) in [4.78, 5) is 22.1. The first-order valence-electron chi connectivity index (χ1n) is 10.6. The van der Waals surface area contributed by atoms with E-state index in [-0.39, 0.29) is 23.3 Å². The van der Waals surface area contributed by atoms with E-state index >= 15 is 0 Å². The van der Waals surface area contributed by atoms with E-state index in [1.165, 1.54) is 19.3 Å². The molecule has 4 aliphatic rings. The van der Waals surface area contributed by atoms with Gasteiger partial charge < -0.3 is 9.84 Å². The van der Waals surface area contributed by atoms with Crippen LogP contribution >= 0.6 is 0 Å². The monoisotopic (exact) mass is 380 g/mol. The molecule has 148 valence electrons. The number of hydrogen-bond acceptors (Lipinski definition) is 5. The van der Waals surface area contributed by atoms with Crippen LogP contribution < -0.4 is 5.32 Å². The summed E-state index contributed by atoms with van der Waals surface area (Å²) in [5, 5.41) is 7.42. The van der Waals surface area contributed by atoms with Gasteiger partial charge in [-0.25, -0.2) is 0 Å². The molecule has 0 radical (unpaired) electrons. The molecular formula is C22H28N4O2. The van der Waals surface area contributed by atoms with Crippen LogP contribution in [0.3, 0.4) is 0 Å². The second-order valence-corrected chi connectivity index (χ2v) is 9.59. The van der Waals surface area contributed by atoms with Crippen LogP contribution in [-0.2, 0) is 4.79 Å². The van der Waals surface area contributed by atoms with Crippen LogP contribution in [0.4, 0.5) is 0 Å². The fourth-order valence-corrected chi connectivity index (χ4v) is 6.17. The molecule has 2 heterocycles. The SMILES string of the molecule is CC(C)C(NC(=O)C12CC3CC(CC(C3)C1)C2)c1nc(-c2cccnc2)no1. The van der Waals surface area contributed by atoms with Crippen molar-refractivity contribution in [3.05, 3.63) is 30.4 Å². The minimum absolute atomic E-state index is 0.167. The summed E-state index contributed by atoms with van der Waals surface area (Å²) in [7, 11) is 0. The summed E-state index contributed by atoms with van der Waals surface area (Å²) in [6, 6.07) is 3.48. The Balaban J connectivity index is 1.37. The normalized spacial score (nSPS) is 31.9. The Morgan fingerprint density at radius 3 is 2.43 bits per heavy atom. The molecule has 0 saturated heterocycles. The average Bonchev–Trinajstić information content (AvgIpc) is 3.15. The van der Waals surface area contributed by atoms with Gasteiger partial charge in [0.05, 0.1) is 0 Å². The fourth-order valence-electron chi connectivity index (χ4n) is 6.17. The van der Waals surface area contributed by atoms with E-state index in [2.05, 4.69) is 34.3 Å². The highest BCUT2D eigenvalue weighted by molar-refractivity contribution is 5.83. The molecule has 4 bridgehead atoms. The van der Waals surface area contributed by atoms with Gasteiger partial charge in [-0.3, -0.25) is 9.78 Å². The zero-order valence-corrected chi connectivity index (χ0v) is 16.6. The van der Waals surface area contributed by atoms with Gasteiger partial charge in [0, 0.05) is 23.4 Å². The Morgan fingerprint density at radius 1 is 1.18 bits per heavy atom. The first-order valence-corrected chi connectivity index (χ1v) is 10.6. The first-order chi connectivity index (χ1) is 13.5. The predicted molar refractivity (Wildman–Crippen MR) is 104 cm³/mol. The summed E-state index contributed by atoms with van der Waals surface area (Å²) in [5.74, 6) is 3.59. The third-order valence-corrected chi connectivity index (χ3v) is 7.10. The number of amides is 1. The van der Waals surface area contributed by atoms with Gasteiger partial charge in [0.25, 0.3) is 0 Å². The number of carbonyl (C=O) groups excluding carboxylic acids is 1. The molecule has 6 rings (SSSR count). The second-order valence-electron chi connectivity index (χ2n) is 9.59. The zero-order valence-electron chi connectivity index (χ0n) is 16.6. The summed E-state index contributed by atoms with van der Waals surface area (Å²) in [6.07, 6.45) is 10.6. The zero-order chi connectivity index (χ0) is 19.3. The second kappa shape index (κ2) is 6.68. The number of aromatic nitrogens is 3. The van der Waals surface area contributed by atoms with Crippen molar-refractivity contribution in [2.45, 2.75) is 58.4 Å². The van der Waals surface area contributed by atoms with Crippen molar-refractivity contribution >= 4 is 5.91 Å². The maximum absolute atomic E-state index is 13.5. The molecule has 4 fully saturated rings. The molecule has 28 heavy (non-hydrogen) atoms.